The number of sulfone groups is 1. The number of aryl methyl sites for hydroxylation is 4. The van der Waals surface area contributed by atoms with Gasteiger partial charge in [-0.15, -0.1) is 0 Å². The average Bonchev–Trinajstić information content (AvgIpc) is 0.892. The number of aromatic amines is 1. The first-order chi connectivity index (χ1) is 60.2. The van der Waals surface area contributed by atoms with Crippen molar-refractivity contribution in [2.24, 2.45) is 0 Å². The van der Waals surface area contributed by atoms with Crippen molar-refractivity contribution in [3.8, 4) is 41.4 Å². The molecule has 8 heterocycles. The van der Waals surface area contributed by atoms with E-state index < -0.39 is 39.7 Å². The largest absolute Gasteiger partial charge is 0.474 e. The Morgan fingerprint density at radius 3 is 0.992 bits per heavy atom. The van der Waals surface area contributed by atoms with Crippen LogP contribution >= 0.6 is 0 Å². The summed E-state index contributed by atoms with van der Waals surface area (Å²) >= 11 is 0. The molecule has 18 rings (SSSR count). The van der Waals surface area contributed by atoms with E-state index in [1.807, 2.05) is 113 Å². The minimum atomic E-state index is -3.67. The third-order valence-corrected chi connectivity index (χ3v) is 23.6. The van der Waals surface area contributed by atoms with Gasteiger partial charge in [-0.25, -0.2) is 67.0 Å². The van der Waals surface area contributed by atoms with Gasteiger partial charge in [0.05, 0.1) is 48.6 Å². The van der Waals surface area contributed by atoms with Crippen LogP contribution in [0.25, 0.3) is 17.8 Å². The van der Waals surface area contributed by atoms with Crippen LogP contribution in [0.2, 0.25) is 0 Å². The molecule has 0 spiro atoms. The fourth-order valence-corrected chi connectivity index (χ4v) is 15.6. The summed E-state index contributed by atoms with van der Waals surface area (Å²) in [5.74, 6) is -6.17. The van der Waals surface area contributed by atoms with Crippen LogP contribution in [0.15, 0.2) is 139 Å². The van der Waals surface area contributed by atoms with Crippen LogP contribution in [0.1, 0.15) is 188 Å². The highest BCUT2D eigenvalue weighted by atomic mass is 32.2. The minimum Gasteiger partial charge on any atom is -0.474 e. The summed E-state index contributed by atoms with van der Waals surface area (Å²) in [5, 5.41) is 41.4. The summed E-state index contributed by atoms with van der Waals surface area (Å²) in [5.41, 5.74) is 5.84. The van der Waals surface area contributed by atoms with E-state index in [1.54, 1.807) is 52.4 Å². The minimum absolute atomic E-state index is 0.00380. The van der Waals surface area contributed by atoms with Crippen molar-refractivity contribution in [2.75, 3.05) is 27.5 Å². The van der Waals surface area contributed by atoms with Crippen molar-refractivity contribution in [2.45, 2.75) is 297 Å². The van der Waals surface area contributed by atoms with Crippen molar-refractivity contribution >= 4 is 33.1 Å². The predicted molar refractivity (Wildman–Crippen MR) is 449 cm³/mol. The van der Waals surface area contributed by atoms with E-state index in [2.05, 4.69) is 86.6 Å². The van der Waals surface area contributed by atoms with E-state index in [4.69, 9.17) is 28.4 Å². The predicted octanol–water partition coefficient (Wildman–Crippen LogP) is 16.5. The molecule has 0 atom stereocenters. The maximum Gasteiger partial charge on any atom is 0.255 e. The van der Waals surface area contributed by atoms with E-state index in [1.165, 1.54) is 10.7 Å². The molecule has 0 amide bonds. The number of nitrogens with one attached hydrogen (secondary N) is 5. The number of hydrogen-bond donors (Lipinski definition) is 6. The number of anilines is 4. The van der Waals surface area contributed by atoms with Gasteiger partial charge in [0, 0.05) is 188 Å². The first kappa shape index (κ1) is 91.4. The summed E-state index contributed by atoms with van der Waals surface area (Å²) in [6.45, 7) is 8.69. The number of halogens is 9. The lowest BCUT2D eigenvalue weighted by Crippen LogP contribution is -2.39. The van der Waals surface area contributed by atoms with Crippen LogP contribution in [0.4, 0.5) is 62.8 Å². The number of alkyl halides is 9. The molecule has 678 valence electrons. The lowest BCUT2D eigenvalue weighted by atomic mass is 9.92. The molecule has 10 aromatic rings. The second-order valence-electron chi connectivity index (χ2n) is 33.8. The molecule has 8 aromatic heterocycles. The molecule has 126 heavy (non-hydrogen) atoms. The SMILES string of the molecule is CS(=O)(=O)c1nc(NC2CCC(F)(F)CC2)cc(OC2CC(OCc3ccccc3)C2)n1.Cc1ccn(-c2nc(NC3CCC(F)(F)CC3)cc(OC3CC(F)C3)n2)n1.Cc1ccn(-c2nc(NC3CCC(F)(F)CC3)cc(OC3CC(O)C3)n2)n1.Cc1ccn(-c2nc(NC3CCC(F)(F)CC3)cc(OC3CC(OCc4ccccc4)C3)n2)n1.Cc1ccn[nH]1. The molecule has 0 bridgehead atoms. The molecule has 29 nitrogen and oxygen atoms in total. The molecule has 0 radical (unpaired) electrons. The number of hydrogen-bond acceptors (Lipinski definition) is 25. The molecular weight excluding hydrogens is 1670 g/mol. The van der Waals surface area contributed by atoms with Crippen molar-refractivity contribution < 1.29 is 81.5 Å². The molecule has 8 saturated carbocycles. The van der Waals surface area contributed by atoms with Crippen molar-refractivity contribution in [1.82, 2.24) is 79.4 Å². The van der Waals surface area contributed by atoms with Gasteiger partial charge in [-0.2, -0.15) is 55.3 Å². The summed E-state index contributed by atoms with van der Waals surface area (Å²) in [6.07, 6.45) is 13.2. The topological polar surface area (TPSA) is 343 Å². The Bertz CT molecular complexity index is 5080. The van der Waals surface area contributed by atoms with E-state index in [9.17, 15) is 53.0 Å². The third kappa shape index (κ3) is 27.6. The first-order valence-electron chi connectivity index (χ1n) is 42.9. The average molecular weight is 1780 g/mol. The summed E-state index contributed by atoms with van der Waals surface area (Å²) in [4.78, 5) is 34.9. The van der Waals surface area contributed by atoms with Crippen LogP contribution in [-0.2, 0) is 32.5 Å². The van der Waals surface area contributed by atoms with Gasteiger partial charge >= 0.3 is 0 Å². The van der Waals surface area contributed by atoms with Crippen LogP contribution in [0, 0.1) is 27.7 Å². The molecule has 0 saturated heterocycles. The standard InChI is InChI=1S/C25H29F2N5O2.C22H27F2N3O4S.C18H22F3N5O.C18H23F2N5O2.C4H6N2/c1-17-9-12-32(31-17)24-29-22(28-19-7-10-25(26,27)11-8-19)15-23(30-24)34-21-13-20(14-21)33-16-18-5-3-2-4-6-18;1-32(28,29)21-26-19(25-16-7-9-22(23,24)10-8-16)13-20(27-21)31-18-11-17(12-18)30-14-15-5-3-2-4-6-15;1-11-4-7-26(25-11)17-23-15(22-13-2-5-18(20,21)6-3-13)10-16(24-17)27-14-8-12(19)9-14;1-11-4-7-25(24-11)17-22-15(21-12-2-5-18(19,20)6-3-12)10-16(23-17)27-14-8-13(26)9-14;1-4-2-3-5-6-4/h2-6,9,12,15,19-21H,7-8,10-11,13-14,16H2,1H3,(H,28,29,30);2-6,13,16-18H,7-12,14H2,1H3,(H,25,26,27);4,7,10,12-14H,2-3,5-6,8-9H2,1H3,(H,22,23,24);4,7,10,12-14,26H,2-3,5-6,8-9H2,1H3,(H,21,22,23);2-3H,1H3,(H,5,6). The molecule has 8 aliphatic carbocycles. The van der Waals surface area contributed by atoms with Gasteiger partial charge in [-0.3, -0.25) is 5.10 Å². The van der Waals surface area contributed by atoms with Crippen molar-refractivity contribution in [3.63, 3.8) is 0 Å². The molecule has 6 N–H and O–H groups in total. The lowest BCUT2D eigenvalue weighted by Gasteiger charge is -2.35. The Hall–Kier alpha value is -10.8. The lowest BCUT2D eigenvalue weighted by molar-refractivity contribution is -0.0698. The van der Waals surface area contributed by atoms with Gasteiger partial charge in [0.15, 0.2) is 0 Å². The number of H-pyrrole nitrogens is 1. The highest BCUT2D eigenvalue weighted by Gasteiger charge is 2.41. The van der Waals surface area contributed by atoms with Crippen LogP contribution in [-0.4, -0.2) is 196 Å². The van der Waals surface area contributed by atoms with E-state index in [0.29, 0.717) is 143 Å². The molecule has 0 aliphatic heterocycles. The van der Waals surface area contributed by atoms with Gasteiger partial charge in [-0.05, 0) is 114 Å². The van der Waals surface area contributed by atoms with Gasteiger partial charge in [0.2, 0.25) is 57.0 Å². The van der Waals surface area contributed by atoms with E-state index in [0.717, 1.165) is 53.0 Å². The molecule has 39 heteroatoms. The zero-order valence-electron chi connectivity index (χ0n) is 70.7. The third-order valence-electron chi connectivity index (χ3n) is 22.8. The summed E-state index contributed by atoms with van der Waals surface area (Å²) in [6, 6.07) is 33.6. The highest BCUT2D eigenvalue weighted by molar-refractivity contribution is 7.90. The maximum absolute atomic E-state index is 13.5. The van der Waals surface area contributed by atoms with E-state index in [-0.39, 0.29) is 148 Å². The second kappa shape index (κ2) is 40.9. The molecule has 8 aliphatic rings. The zero-order chi connectivity index (χ0) is 88.8. The molecular formula is C87H107F9N20O9S. The van der Waals surface area contributed by atoms with Crippen molar-refractivity contribution in [3.05, 3.63) is 168 Å². The quantitative estimate of drug-likeness (QED) is 0.0217. The van der Waals surface area contributed by atoms with Crippen LogP contribution in [0.3, 0.4) is 0 Å². The molecule has 0 unspecified atom stereocenters. The fourth-order valence-electron chi connectivity index (χ4n) is 15.1. The number of aliphatic hydroxyl groups excluding tert-OH is 1. The van der Waals surface area contributed by atoms with Crippen molar-refractivity contribution in [1.29, 1.82) is 0 Å². The number of rotatable bonds is 26. The van der Waals surface area contributed by atoms with Crippen LogP contribution < -0.4 is 40.2 Å². The first-order valence-corrected chi connectivity index (χ1v) is 44.8. The Balaban J connectivity index is 0.000000134. The molecule has 2 aromatic carbocycles. The fraction of sp³-hybridized carbons (Fsp3) is 0.540. The van der Waals surface area contributed by atoms with Crippen LogP contribution in [0.5, 0.6) is 23.5 Å². The normalized spacial score (nSPS) is 23.1. The number of nitrogens with zero attached hydrogens (tertiary/aromatic N) is 15. The number of aromatic nitrogens is 16. The monoisotopic (exact) mass is 1780 g/mol. The number of aliphatic hydroxyl groups is 1. The Labute approximate surface area is 724 Å². The maximum atomic E-state index is 13.5. The number of ether oxygens (including phenoxy) is 6. The van der Waals surface area contributed by atoms with Gasteiger partial charge < -0.3 is 54.8 Å². The Morgan fingerprint density at radius 1 is 0.413 bits per heavy atom. The molecule has 8 fully saturated rings. The Kier molecular flexibility index (Phi) is 29.7. The smallest absolute Gasteiger partial charge is 0.255 e. The van der Waals surface area contributed by atoms with Gasteiger partial charge in [-0.1, -0.05) is 60.7 Å². The summed E-state index contributed by atoms with van der Waals surface area (Å²) < 4.78 is 185. The van der Waals surface area contributed by atoms with Gasteiger partial charge in [0.1, 0.15) is 53.9 Å². The van der Waals surface area contributed by atoms with Gasteiger partial charge in [0.25, 0.3) is 23.0 Å². The number of benzene rings is 2. The summed E-state index contributed by atoms with van der Waals surface area (Å²) in [7, 11) is -3.67. The van der Waals surface area contributed by atoms with E-state index >= 15 is 0 Å². The second-order valence-corrected chi connectivity index (χ2v) is 35.7. The zero-order valence-corrected chi connectivity index (χ0v) is 71.6. The Morgan fingerprint density at radius 2 is 0.722 bits per heavy atom. The highest BCUT2D eigenvalue weighted by Crippen LogP contribution is 2.41.